The molecule has 1 unspecified atom stereocenters. The van der Waals surface area contributed by atoms with Gasteiger partial charge in [0.25, 0.3) is 0 Å². The van der Waals surface area contributed by atoms with Gasteiger partial charge in [-0.05, 0) is 18.6 Å². The summed E-state index contributed by atoms with van der Waals surface area (Å²) in [7, 11) is 0. The van der Waals surface area contributed by atoms with E-state index in [4.69, 9.17) is 5.41 Å². The van der Waals surface area contributed by atoms with E-state index in [0.717, 1.165) is 29.6 Å². The smallest absolute Gasteiger partial charge is 0.136 e. The van der Waals surface area contributed by atoms with Crippen molar-refractivity contribution in [1.82, 2.24) is 9.55 Å². The second-order valence-corrected chi connectivity index (χ2v) is 4.79. The van der Waals surface area contributed by atoms with Crippen LogP contribution in [-0.4, -0.2) is 9.55 Å². The number of rotatable bonds is 0. The number of benzene rings is 1. The molecule has 0 fully saturated rings. The molecule has 3 rings (SSSR count). The van der Waals surface area contributed by atoms with Crippen molar-refractivity contribution < 1.29 is 0 Å². The van der Waals surface area contributed by atoms with Gasteiger partial charge in [0.2, 0.25) is 0 Å². The Hall–Kier alpha value is -1.16. The summed E-state index contributed by atoms with van der Waals surface area (Å²) in [5.41, 5.74) is 1.49. The first-order valence-corrected chi connectivity index (χ1v) is 5.88. The van der Waals surface area contributed by atoms with Gasteiger partial charge in [0.05, 0.1) is 10.5 Å². The zero-order chi connectivity index (χ0) is 10.4. The Bertz CT molecular complexity index is 588. The predicted octanol–water partition coefficient (Wildman–Crippen LogP) is 2.36. The number of aryl methyl sites for hydroxylation is 1. The average Bonchev–Trinajstić information content (AvgIpc) is 2.61. The minimum absolute atomic E-state index is 0.233. The number of alkyl halides is 1. The highest BCUT2D eigenvalue weighted by Gasteiger charge is 2.21. The number of para-hydroxylation sites is 1. The molecule has 1 aromatic carbocycles. The number of aromatic nitrogens is 2. The third kappa shape index (κ3) is 1.24. The van der Waals surface area contributed by atoms with Crippen LogP contribution in [0.2, 0.25) is 0 Å². The van der Waals surface area contributed by atoms with Gasteiger partial charge in [-0.1, -0.05) is 28.1 Å². The van der Waals surface area contributed by atoms with Crippen molar-refractivity contribution in [2.45, 2.75) is 17.8 Å². The van der Waals surface area contributed by atoms with Crippen molar-refractivity contribution in [1.29, 1.82) is 5.41 Å². The lowest BCUT2D eigenvalue weighted by molar-refractivity contribution is 0.691. The fraction of sp³-hybridized carbons (Fsp3) is 0.273. The van der Waals surface area contributed by atoms with Crippen LogP contribution in [-0.2, 0) is 6.42 Å². The van der Waals surface area contributed by atoms with E-state index in [1.54, 1.807) is 0 Å². The van der Waals surface area contributed by atoms with E-state index < -0.39 is 0 Å². The minimum Gasteiger partial charge on any atom is -0.301 e. The fourth-order valence-corrected chi connectivity index (χ4v) is 2.75. The third-order valence-electron chi connectivity index (χ3n) is 2.81. The van der Waals surface area contributed by atoms with Crippen LogP contribution in [0.5, 0.6) is 0 Å². The van der Waals surface area contributed by atoms with E-state index in [-0.39, 0.29) is 4.95 Å². The Morgan fingerprint density at radius 3 is 3.07 bits per heavy atom. The second kappa shape index (κ2) is 3.17. The number of nitrogens with one attached hydrogen (secondary N) is 1. The monoisotopic (exact) mass is 263 g/mol. The molecule has 0 saturated carbocycles. The minimum atomic E-state index is 0.233. The molecule has 1 N–H and O–H groups in total. The molecule has 1 atom stereocenters. The Kier molecular flexibility index (Phi) is 1.92. The van der Waals surface area contributed by atoms with Gasteiger partial charge in [-0.25, -0.2) is 4.98 Å². The first-order valence-electron chi connectivity index (χ1n) is 4.96. The van der Waals surface area contributed by atoms with E-state index in [9.17, 15) is 0 Å². The van der Waals surface area contributed by atoms with Crippen LogP contribution in [0, 0.1) is 5.41 Å². The lowest BCUT2D eigenvalue weighted by Crippen LogP contribution is -2.22. The van der Waals surface area contributed by atoms with Crippen molar-refractivity contribution in [3.63, 3.8) is 0 Å². The number of nitrogens with zero attached hydrogens (tertiary/aromatic N) is 2. The summed E-state index contributed by atoms with van der Waals surface area (Å²) in [5.74, 6) is 1.01. The van der Waals surface area contributed by atoms with Crippen LogP contribution in [0.4, 0.5) is 0 Å². The number of fused-ring (bicyclic) bond motifs is 2. The molecule has 2 aromatic rings. The van der Waals surface area contributed by atoms with Crippen LogP contribution < -0.4 is 5.49 Å². The van der Waals surface area contributed by atoms with E-state index in [1.165, 1.54) is 0 Å². The highest BCUT2D eigenvalue weighted by Crippen LogP contribution is 2.28. The Morgan fingerprint density at radius 1 is 1.40 bits per heavy atom. The van der Waals surface area contributed by atoms with Gasteiger partial charge < -0.3 is 4.57 Å². The molecule has 1 aromatic heterocycles. The van der Waals surface area contributed by atoms with Gasteiger partial charge in [-0.3, -0.25) is 5.41 Å². The standard InChI is InChI=1S/C11H10BrN3/c12-9-5-6-10-14-8-4-2-1-3-7(8)11(13)15(9)10/h1-4,9,13H,5-6H2. The summed E-state index contributed by atoms with van der Waals surface area (Å²) in [6.07, 6.45) is 1.97. The summed E-state index contributed by atoms with van der Waals surface area (Å²) >= 11 is 3.58. The van der Waals surface area contributed by atoms with Crippen LogP contribution in [0.15, 0.2) is 24.3 Å². The maximum Gasteiger partial charge on any atom is 0.136 e. The van der Waals surface area contributed by atoms with Crippen molar-refractivity contribution in [2.24, 2.45) is 0 Å². The Morgan fingerprint density at radius 2 is 2.20 bits per heavy atom. The van der Waals surface area contributed by atoms with Crippen molar-refractivity contribution >= 4 is 26.8 Å². The second-order valence-electron chi connectivity index (χ2n) is 3.74. The van der Waals surface area contributed by atoms with E-state index in [0.29, 0.717) is 5.49 Å². The maximum atomic E-state index is 8.14. The number of halogens is 1. The molecule has 1 aliphatic rings. The van der Waals surface area contributed by atoms with Crippen molar-refractivity contribution in [3.8, 4) is 0 Å². The zero-order valence-corrected chi connectivity index (χ0v) is 9.66. The highest BCUT2D eigenvalue weighted by molar-refractivity contribution is 9.09. The average molecular weight is 264 g/mol. The lowest BCUT2D eigenvalue weighted by atomic mass is 10.2. The molecule has 0 bridgehead atoms. The topological polar surface area (TPSA) is 41.7 Å². The molecule has 0 aliphatic carbocycles. The van der Waals surface area contributed by atoms with E-state index >= 15 is 0 Å². The molecular weight excluding hydrogens is 254 g/mol. The third-order valence-corrected chi connectivity index (χ3v) is 3.68. The molecule has 1 aliphatic heterocycles. The predicted molar refractivity (Wildman–Crippen MR) is 61.9 cm³/mol. The quantitative estimate of drug-likeness (QED) is 0.729. The fourth-order valence-electron chi connectivity index (χ4n) is 2.08. The lowest BCUT2D eigenvalue weighted by Gasteiger charge is -2.09. The molecule has 2 heterocycles. The molecule has 0 spiro atoms. The molecule has 15 heavy (non-hydrogen) atoms. The van der Waals surface area contributed by atoms with Gasteiger partial charge in [0, 0.05) is 11.8 Å². The summed E-state index contributed by atoms with van der Waals surface area (Å²) in [6, 6.07) is 7.84. The summed E-state index contributed by atoms with van der Waals surface area (Å²) in [6.45, 7) is 0. The maximum absolute atomic E-state index is 8.14. The molecule has 4 heteroatoms. The van der Waals surface area contributed by atoms with Gasteiger partial charge in [-0.15, -0.1) is 0 Å². The van der Waals surface area contributed by atoms with Gasteiger partial charge in [-0.2, -0.15) is 0 Å². The summed E-state index contributed by atoms with van der Waals surface area (Å²) < 4.78 is 1.97. The molecule has 3 nitrogen and oxygen atoms in total. The van der Waals surface area contributed by atoms with Crippen LogP contribution >= 0.6 is 15.9 Å². The van der Waals surface area contributed by atoms with Gasteiger partial charge in [0.15, 0.2) is 0 Å². The van der Waals surface area contributed by atoms with Crippen molar-refractivity contribution in [2.75, 3.05) is 0 Å². The summed E-state index contributed by atoms with van der Waals surface area (Å²) in [5, 5.41) is 9.07. The Balaban J connectivity index is 2.47. The normalized spacial score (nSPS) is 19.4. The molecular formula is C11H10BrN3. The first kappa shape index (κ1) is 9.09. The molecule has 0 saturated heterocycles. The van der Waals surface area contributed by atoms with E-state index in [2.05, 4.69) is 20.9 Å². The highest BCUT2D eigenvalue weighted by atomic mass is 79.9. The van der Waals surface area contributed by atoms with Gasteiger partial charge >= 0.3 is 0 Å². The van der Waals surface area contributed by atoms with E-state index in [1.807, 2.05) is 28.8 Å². The molecule has 0 amide bonds. The Labute approximate surface area is 95.4 Å². The first-order chi connectivity index (χ1) is 7.27. The molecule has 76 valence electrons. The number of hydrogen-bond acceptors (Lipinski definition) is 2. The van der Waals surface area contributed by atoms with Crippen LogP contribution in [0.3, 0.4) is 0 Å². The van der Waals surface area contributed by atoms with Gasteiger partial charge in [0.1, 0.15) is 11.3 Å². The molecule has 0 radical (unpaired) electrons. The SMILES string of the molecule is N=c1c2ccccc2nc2n1C(Br)CC2. The van der Waals surface area contributed by atoms with Crippen LogP contribution in [0.25, 0.3) is 10.9 Å². The summed E-state index contributed by atoms with van der Waals surface area (Å²) in [4.78, 5) is 4.81. The largest absolute Gasteiger partial charge is 0.301 e. The van der Waals surface area contributed by atoms with Crippen molar-refractivity contribution in [3.05, 3.63) is 35.6 Å². The number of hydrogen-bond donors (Lipinski definition) is 1. The zero-order valence-electron chi connectivity index (χ0n) is 8.07. The van der Waals surface area contributed by atoms with Crippen LogP contribution in [0.1, 0.15) is 17.2 Å².